The molecule has 1 aromatic heterocycles. The molecule has 102 valence electrons. The highest BCUT2D eigenvalue weighted by Crippen LogP contribution is 2.33. The Morgan fingerprint density at radius 2 is 2.32 bits per heavy atom. The molecule has 1 aromatic carbocycles. The number of nitrogens with two attached hydrogens (primary N) is 1. The van der Waals surface area contributed by atoms with E-state index in [1.807, 2.05) is 30.0 Å². The van der Waals surface area contributed by atoms with Crippen molar-refractivity contribution in [2.24, 2.45) is 5.92 Å². The third kappa shape index (κ3) is 3.06. The molecule has 0 bridgehead atoms. The first-order valence-corrected chi connectivity index (χ1v) is 8.11. The Morgan fingerprint density at radius 3 is 3.16 bits per heavy atom. The molecule has 3 rings (SSSR count). The van der Waals surface area contributed by atoms with Gasteiger partial charge in [0.2, 0.25) is 0 Å². The van der Waals surface area contributed by atoms with Gasteiger partial charge in [-0.15, -0.1) is 0 Å². The minimum Gasteiger partial charge on any atom is -0.399 e. The minimum absolute atomic E-state index is 0.788. The zero-order valence-corrected chi connectivity index (χ0v) is 12.2. The summed E-state index contributed by atoms with van der Waals surface area (Å²) in [6.45, 7) is 2.37. The summed E-state index contributed by atoms with van der Waals surface area (Å²) >= 11 is 2.05. The lowest BCUT2D eigenvalue weighted by Gasteiger charge is -2.25. The molecule has 2 unspecified atom stereocenters. The topological polar surface area (TPSA) is 54.7 Å². The molecule has 2 aromatic rings. The van der Waals surface area contributed by atoms with Crippen LogP contribution in [0.4, 0.5) is 5.69 Å². The maximum absolute atomic E-state index is 5.79. The number of aromatic nitrogens is 2. The van der Waals surface area contributed by atoms with Gasteiger partial charge in [0.15, 0.2) is 0 Å². The summed E-state index contributed by atoms with van der Waals surface area (Å²) < 4.78 is 0. The van der Waals surface area contributed by atoms with Crippen LogP contribution in [0.5, 0.6) is 0 Å². The first-order chi connectivity index (χ1) is 9.20. The Kier molecular flexibility index (Phi) is 3.69. The maximum Gasteiger partial charge on any atom is 0.117 e. The number of anilines is 1. The number of benzene rings is 1. The standard InChI is InChI=1S/C15H21N3S/c1-10-3-2-4-12(7-10)19-9-15-17-13-6-5-11(16)8-14(13)18-15/h5-6,8,10,12H,2-4,7,9,16H2,1H3,(H,17,18). The van der Waals surface area contributed by atoms with Crippen LogP contribution in [0.2, 0.25) is 0 Å². The van der Waals surface area contributed by atoms with Crippen molar-refractivity contribution in [1.82, 2.24) is 9.97 Å². The van der Waals surface area contributed by atoms with Crippen molar-refractivity contribution in [3.63, 3.8) is 0 Å². The predicted octanol–water partition coefficient (Wildman–Crippen LogP) is 3.96. The second-order valence-corrected chi connectivity index (χ2v) is 6.95. The summed E-state index contributed by atoms with van der Waals surface area (Å²) in [5.41, 5.74) is 8.64. The normalized spacial score (nSPS) is 23.8. The van der Waals surface area contributed by atoms with Crippen molar-refractivity contribution in [2.75, 3.05) is 5.73 Å². The van der Waals surface area contributed by atoms with Crippen LogP contribution in [0.3, 0.4) is 0 Å². The number of rotatable bonds is 3. The van der Waals surface area contributed by atoms with Crippen LogP contribution in [-0.2, 0) is 5.75 Å². The van der Waals surface area contributed by atoms with Gasteiger partial charge in [0, 0.05) is 10.9 Å². The summed E-state index contributed by atoms with van der Waals surface area (Å²) in [4.78, 5) is 8.00. The van der Waals surface area contributed by atoms with Gasteiger partial charge in [0.25, 0.3) is 0 Å². The molecular weight excluding hydrogens is 254 g/mol. The Hall–Kier alpha value is -1.16. The van der Waals surface area contributed by atoms with Gasteiger partial charge in [-0.3, -0.25) is 0 Å². The largest absolute Gasteiger partial charge is 0.399 e. The van der Waals surface area contributed by atoms with Gasteiger partial charge in [-0.1, -0.05) is 19.8 Å². The first-order valence-electron chi connectivity index (χ1n) is 7.06. The third-order valence-corrected chi connectivity index (χ3v) is 5.24. The molecule has 0 saturated heterocycles. The highest BCUT2D eigenvalue weighted by atomic mass is 32.2. The molecule has 19 heavy (non-hydrogen) atoms. The Morgan fingerprint density at radius 1 is 1.42 bits per heavy atom. The fourth-order valence-electron chi connectivity index (χ4n) is 2.88. The molecule has 1 saturated carbocycles. The monoisotopic (exact) mass is 275 g/mol. The fourth-order valence-corrected chi connectivity index (χ4v) is 4.20. The van der Waals surface area contributed by atoms with Crippen LogP contribution in [0, 0.1) is 5.92 Å². The number of thioether (sulfide) groups is 1. The summed E-state index contributed by atoms with van der Waals surface area (Å²) in [5.74, 6) is 2.94. The summed E-state index contributed by atoms with van der Waals surface area (Å²) in [5, 5.41) is 0.807. The molecule has 4 heteroatoms. The maximum atomic E-state index is 5.79. The number of nitrogen functional groups attached to an aromatic ring is 1. The summed E-state index contributed by atoms with van der Waals surface area (Å²) in [6.07, 6.45) is 5.51. The van der Waals surface area contributed by atoms with Gasteiger partial charge in [-0.25, -0.2) is 4.98 Å². The Labute approximate surface area is 118 Å². The van der Waals surface area contributed by atoms with Crippen LogP contribution in [0.15, 0.2) is 18.2 Å². The van der Waals surface area contributed by atoms with Gasteiger partial charge < -0.3 is 10.7 Å². The average molecular weight is 275 g/mol. The van der Waals surface area contributed by atoms with Crippen LogP contribution in [0.1, 0.15) is 38.4 Å². The molecule has 3 N–H and O–H groups in total. The van der Waals surface area contributed by atoms with E-state index in [1.54, 1.807) is 0 Å². The molecule has 1 heterocycles. The SMILES string of the molecule is CC1CCCC(SCc2nc3ccc(N)cc3[nH]2)C1. The van der Waals surface area contributed by atoms with Crippen molar-refractivity contribution in [3.8, 4) is 0 Å². The number of nitrogens with one attached hydrogen (secondary N) is 1. The van der Waals surface area contributed by atoms with Crippen LogP contribution >= 0.6 is 11.8 Å². The quantitative estimate of drug-likeness (QED) is 0.834. The number of nitrogens with zero attached hydrogens (tertiary/aromatic N) is 1. The fraction of sp³-hybridized carbons (Fsp3) is 0.533. The van der Waals surface area contributed by atoms with Crippen LogP contribution in [-0.4, -0.2) is 15.2 Å². The Bertz CT molecular complexity index is 564. The summed E-state index contributed by atoms with van der Waals surface area (Å²) in [7, 11) is 0. The van der Waals surface area contributed by atoms with Crippen molar-refractivity contribution in [1.29, 1.82) is 0 Å². The van der Waals surface area contributed by atoms with E-state index in [1.165, 1.54) is 25.7 Å². The molecule has 0 radical (unpaired) electrons. The number of hydrogen-bond donors (Lipinski definition) is 2. The molecule has 2 atom stereocenters. The number of fused-ring (bicyclic) bond motifs is 1. The lowest BCUT2D eigenvalue weighted by Crippen LogP contribution is -2.15. The van der Waals surface area contributed by atoms with Gasteiger partial charge >= 0.3 is 0 Å². The number of imidazole rings is 1. The molecular formula is C15H21N3S. The molecule has 1 aliphatic rings. The highest BCUT2D eigenvalue weighted by molar-refractivity contribution is 7.99. The second-order valence-electron chi connectivity index (χ2n) is 5.66. The van der Waals surface area contributed by atoms with Crippen molar-refractivity contribution in [3.05, 3.63) is 24.0 Å². The molecule has 3 nitrogen and oxygen atoms in total. The smallest absolute Gasteiger partial charge is 0.117 e. The van der Waals surface area contributed by atoms with Crippen molar-refractivity contribution < 1.29 is 0 Å². The van der Waals surface area contributed by atoms with E-state index in [2.05, 4.69) is 16.9 Å². The molecule has 1 fully saturated rings. The average Bonchev–Trinajstić information content (AvgIpc) is 2.78. The predicted molar refractivity (Wildman–Crippen MR) is 83.2 cm³/mol. The summed E-state index contributed by atoms with van der Waals surface area (Å²) in [6, 6.07) is 5.85. The van der Waals surface area contributed by atoms with E-state index in [0.717, 1.165) is 39.5 Å². The zero-order valence-electron chi connectivity index (χ0n) is 11.4. The molecule has 1 aliphatic carbocycles. The first kappa shape index (κ1) is 12.9. The molecule has 0 spiro atoms. The Balaban J connectivity index is 1.65. The number of hydrogen-bond acceptors (Lipinski definition) is 3. The van der Waals surface area contributed by atoms with Gasteiger partial charge in [0.05, 0.1) is 16.8 Å². The van der Waals surface area contributed by atoms with Crippen LogP contribution < -0.4 is 5.73 Å². The van der Waals surface area contributed by atoms with E-state index in [-0.39, 0.29) is 0 Å². The van der Waals surface area contributed by atoms with Gasteiger partial charge in [-0.05, 0) is 37.0 Å². The second kappa shape index (κ2) is 5.45. The van der Waals surface area contributed by atoms with Crippen molar-refractivity contribution in [2.45, 2.75) is 43.6 Å². The minimum atomic E-state index is 0.788. The van der Waals surface area contributed by atoms with E-state index in [0.29, 0.717) is 0 Å². The third-order valence-electron chi connectivity index (χ3n) is 3.90. The lowest BCUT2D eigenvalue weighted by molar-refractivity contribution is 0.394. The molecule has 0 amide bonds. The molecule has 0 aliphatic heterocycles. The number of aromatic amines is 1. The van der Waals surface area contributed by atoms with Crippen LogP contribution in [0.25, 0.3) is 11.0 Å². The van der Waals surface area contributed by atoms with E-state index in [9.17, 15) is 0 Å². The zero-order chi connectivity index (χ0) is 13.2. The highest BCUT2D eigenvalue weighted by Gasteiger charge is 2.19. The lowest BCUT2D eigenvalue weighted by atomic mass is 9.91. The van der Waals surface area contributed by atoms with E-state index >= 15 is 0 Å². The van der Waals surface area contributed by atoms with E-state index in [4.69, 9.17) is 5.73 Å². The van der Waals surface area contributed by atoms with E-state index < -0.39 is 0 Å². The van der Waals surface area contributed by atoms with Gasteiger partial charge in [0.1, 0.15) is 5.82 Å². The van der Waals surface area contributed by atoms with Gasteiger partial charge in [-0.2, -0.15) is 11.8 Å². The number of H-pyrrole nitrogens is 1. The van der Waals surface area contributed by atoms with Crippen molar-refractivity contribution >= 4 is 28.5 Å².